The van der Waals surface area contributed by atoms with Crippen LogP contribution in [0.2, 0.25) is 0 Å². The average molecular weight is 419 g/mol. The Morgan fingerprint density at radius 3 is 2.10 bits per heavy atom. The molecule has 0 saturated carbocycles. The van der Waals surface area contributed by atoms with Gasteiger partial charge in [0.05, 0.1) is 22.6 Å². The summed E-state index contributed by atoms with van der Waals surface area (Å²) in [6.45, 7) is 16.6. The van der Waals surface area contributed by atoms with Gasteiger partial charge in [-0.25, -0.2) is 4.98 Å². The molecule has 31 heavy (non-hydrogen) atoms. The van der Waals surface area contributed by atoms with Crippen molar-refractivity contribution < 1.29 is 4.79 Å². The first-order valence-electron chi connectivity index (χ1n) is 10.8. The molecule has 0 aliphatic heterocycles. The van der Waals surface area contributed by atoms with Crippen molar-refractivity contribution in [2.24, 2.45) is 0 Å². The fraction of sp³-hybridized carbons (Fsp3) is 0.423. The van der Waals surface area contributed by atoms with Crippen LogP contribution in [0.1, 0.15) is 77.2 Å². The molecular weight excluding hydrogens is 384 g/mol. The monoisotopic (exact) mass is 418 g/mol. The molecule has 0 fully saturated rings. The quantitative estimate of drug-likeness (QED) is 0.564. The number of rotatable bonds is 4. The van der Waals surface area contributed by atoms with Crippen LogP contribution in [-0.4, -0.2) is 26.2 Å². The van der Waals surface area contributed by atoms with E-state index in [0.29, 0.717) is 11.5 Å². The van der Waals surface area contributed by atoms with E-state index in [1.807, 2.05) is 43.7 Å². The molecule has 5 heteroatoms. The lowest BCUT2D eigenvalue weighted by Crippen LogP contribution is -2.40. The Kier molecular flexibility index (Phi) is 6.08. The van der Waals surface area contributed by atoms with Crippen molar-refractivity contribution in [1.82, 2.24) is 20.1 Å². The zero-order chi connectivity index (χ0) is 23.0. The van der Waals surface area contributed by atoms with Crippen molar-refractivity contribution in [1.29, 1.82) is 0 Å². The predicted octanol–water partition coefficient (Wildman–Crippen LogP) is 6.02. The molecule has 0 aliphatic rings. The summed E-state index contributed by atoms with van der Waals surface area (Å²) in [5.41, 5.74) is 4.71. The first-order chi connectivity index (χ1) is 14.3. The first-order valence-corrected chi connectivity index (χ1v) is 10.8. The third-order valence-corrected chi connectivity index (χ3v) is 4.99. The molecule has 0 bridgehead atoms. The van der Waals surface area contributed by atoms with Gasteiger partial charge in [0, 0.05) is 22.9 Å². The Morgan fingerprint density at radius 1 is 0.935 bits per heavy atom. The van der Waals surface area contributed by atoms with Crippen molar-refractivity contribution in [2.45, 2.75) is 72.4 Å². The lowest BCUT2D eigenvalue weighted by atomic mass is 9.99. The maximum atomic E-state index is 13.0. The number of carbonyl (C=O) groups is 1. The van der Waals surface area contributed by atoms with Gasteiger partial charge in [0.25, 0.3) is 5.91 Å². The molecule has 0 radical (unpaired) electrons. The van der Waals surface area contributed by atoms with Crippen LogP contribution in [0.3, 0.4) is 0 Å². The number of aromatic nitrogens is 3. The Labute approximate surface area is 185 Å². The zero-order valence-electron chi connectivity index (χ0n) is 19.9. The summed E-state index contributed by atoms with van der Waals surface area (Å²) in [4.78, 5) is 18.0. The van der Waals surface area contributed by atoms with E-state index in [2.05, 4.69) is 69.3 Å². The predicted molar refractivity (Wildman–Crippen MR) is 127 cm³/mol. The Bertz CT molecular complexity index is 1060. The second-order valence-electron chi connectivity index (χ2n) is 10.4. The van der Waals surface area contributed by atoms with E-state index in [0.717, 1.165) is 22.6 Å². The lowest BCUT2D eigenvalue weighted by Gasteiger charge is -2.23. The molecule has 5 nitrogen and oxygen atoms in total. The minimum Gasteiger partial charge on any atom is -0.347 e. The van der Waals surface area contributed by atoms with Gasteiger partial charge in [-0.15, -0.1) is 0 Å². The van der Waals surface area contributed by atoms with Gasteiger partial charge in [-0.2, -0.15) is 5.10 Å². The number of hydrogen-bond donors (Lipinski definition) is 1. The van der Waals surface area contributed by atoms with Crippen LogP contribution in [0.4, 0.5) is 0 Å². The van der Waals surface area contributed by atoms with E-state index in [1.165, 1.54) is 5.56 Å². The van der Waals surface area contributed by atoms with E-state index in [4.69, 9.17) is 4.98 Å². The molecule has 0 aliphatic carbocycles. The molecule has 1 amide bonds. The minimum absolute atomic E-state index is 0.113. The summed E-state index contributed by atoms with van der Waals surface area (Å²) in [5.74, 6) is 0.348. The van der Waals surface area contributed by atoms with Crippen LogP contribution in [0.5, 0.6) is 0 Å². The summed E-state index contributed by atoms with van der Waals surface area (Å²) in [7, 11) is 0. The maximum absolute atomic E-state index is 13.0. The smallest absolute Gasteiger partial charge is 0.251 e. The highest BCUT2D eigenvalue weighted by Crippen LogP contribution is 2.29. The second kappa shape index (κ2) is 8.29. The van der Waals surface area contributed by atoms with E-state index >= 15 is 0 Å². The molecular formula is C26H34N4O. The van der Waals surface area contributed by atoms with E-state index < -0.39 is 0 Å². The Balaban J connectivity index is 2.15. The SMILES string of the molecule is CC(C)c1ccc(-c2cc(C(=O)NC(C)(C)C)cc(-c3ccnn3C(C)(C)C)n2)cc1. The number of nitrogens with zero attached hydrogens (tertiary/aromatic N) is 3. The third kappa shape index (κ3) is 5.40. The lowest BCUT2D eigenvalue weighted by molar-refractivity contribution is 0.0919. The number of hydrogen-bond acceptors (Lipinski definition) is 3. The van der Waals surface area contributed by atoms with Gasteiger partial charge >= 0.3 is 0 Å². The molecule has 164 valence electrons. The number of benzene rings is 1. The molecule has 3 rings (SSSR count). The first kappa shape index (κ1) is 22.7. The molecule has 0 unspecified atom stereocenters. The van der Waals surface area contributed by atoms with Gasteiger partial charge in [-0.3, -0.25) is 9.48 Å². The van der Waals surface area contributed by atoms with Crippen LogP contribution in [-0.2, 0) is 5.54 Å². The van der Waals surface area contributed by atoms with E-state index in [-0.39, 0.29) is 17.0 Å². The van der Waals surface area contributed by atoms with Crippen molar-refractivity contribution in [3.05, 3.63) is 59.8 Å². The molecule has 1 aromatic carbocycles. The summed E-state index contributed by atoms with van der Waals surface area (Å²) >= 11 is 0. The van der Waals surface area contributed by atoms with E-state index in [9.17, 15) is 4.79 Å². The highest BCUT2D eigenvalue weighted by atomic mass is 16.1. The highest BCUT2D eigenvalue weighted by molar-refractivity contribution is 5.96. The molecule has 0 atom stereocenters. The van der Waals surface area contributed by atoms with Gasteiger partial charge < -0.3 is 5.32 Å². The number of nitrogens with one attached hydrogen (secondary N) is 1. The Hall–Kier alpha value is -2.95. The summed E-state index contributed by atoms with van der Waals surface area (Å²) < 4.78 is 1.95. The average Bonchev–Trinajstić information content (AvgIpc) is 3.17. The highest BCUT2D eigenvalue weighted by Gasteiger charge is 2.22. The number of amides is 1. The van der Waals surface area contributed by atoms with Crippen LogP contribution in [0.25, 0.3) is 22.6 Å². The topological polar surface area (TPSA) is 59.8 Å². The minimum atomic E-state index is -0.327. The van der Waals surface area contributed by atoms with Gasteiger partial charge in [0.15, 0.2) is 0 Å². The van der Waals surface area contributed by atoms with Crippen LogP contribution >= 0.6 is 0 Å². The van der Waals surface area contributed by atoms with Crippen molar-refractivity contribution in [3.8, 4) is 22.6 Å². The standard InChI is InChI=1S/C26H34N4O/c1-17(2)18-9-11-19(12-10-18)21-15-20(24(31)29-25(3,4)5)16-22(28-21)23-13-14-27-30(23)26(6,7)8/h9-17H,1-8H3,(H,29,31). The number of carbonyl (C=O) groups excluding carboxylic acids is 1. The maximum Gasteiger partial charge on any atom is 0.251 e. The second-order valence-corrected chi connectivity index (χ2v) is 10.4. The summed E-state index contributed by atoms with van der Waals surface area (Å²) in [5, 5.41) is 7.57. The van der Waals surface area contributed by atoms with Crippen LogP contribution < -0.4 is 5.32 Å². The molecule has 0 spiro atoms. The van der Waals surface area contributed by atoms with Gasteiger partial charge in [-0.1, -0.05) is 38.1 Å². The van der Waals surface area contributed by atoms with Crippen LogP contribution in [0.15, 0.2) is 48.7 Å². The molecule has 2 heterocycles. The Morgan fingerprint density at radius 2 is 1.55 bits per heavy atom. The molecule has 2 aromatic heterocycles. The zero-order valence-corrected chi connectivity index (χ0v) is 19.9. The van der Waals surface area contributed by atoms with Gasteiger partial charge in [-0.05, 0) is 71.2 Å². The molecule has 0 saturated heterocycles. The van der Waals surface area contributed by atoms with Crippen molar-refractivity contribution in [2.75, 3.05) is 0 Å². The van der Waals surface area contributed by atoms with Crippen LogP contribution in [0, 0.1) is 0 Å². The fourth-order valence-electron chi connectivity index (χ4n) is 3.42. The normalized spacial score (nSPS) is 12.3. The third-order valence-electron chi connectivity index (χ3n) is 4.99. The largest absolute Gasteiger partial charge is 0.347 e. The fourth-order valence-corrected chi connectivity index (χ4v) is 3.42. The summed E-state index contributed by atoms with van der Waals surface area (Å²) in [6.07, 6.45) is 1.78. The van der Waals surface area contributed by atoms with Gasteiger partial charge in [0.2, 0.25) is 0 Å². The van der Waals surface area contributed by atoms with E-state index in [1.54, 1.807) is 6.20 Å². The molecule has 1 N–H and O–H groups in total. The van der Waals surface area contributed by atoms with Gasteiger partial charge in [0.1, 0.15) is 0 Å². The van der Waals surface area contributed by atoms with Crippen molar-refractivity contribution >= 4 is 5.91 Å². The summed E-state index contributed by atoms with van der Waals surface area (Å²) in [6, 6.07) is 14.1. The number of pyridine rings is 1. The van der Waals surface area contributed by atoms with Crippen molar-refractivity contribution in [3.63, 3.8) is 0 Å². The molecule has 3 aromatic rings.